The van der Waals surface area contributed by atoms with Crippen molar-refractivity contribution in [2.75, 3.05) is 20.2 Å². The second-order valence-corrected chi connectivity index (χ2v) is 8.77. The van der Waals surface area contributed by atoms with E-state index in [0.717, 1.165) is 54.7 Å². The molecule has 2 unspecified atom stereocenters. The molecule has 1 aromatic carbocycles. The monoisotopic (exact) mass is 574 g/mol. The molecule has 3 aromatic rings. The van der Waals surface area contributed by atoms with Gasteiger partial charge in [0.25, 0.3) is 0 Å². The third kappa shape index (κ3) is 6.56. The second kappa shape index (κ2) is 12.3. The lowest BCUT2D eigenvalue weighted by atomic mass is 9.89. The van der Waals surface area contributed by atoms with Crippen molar-refractivity contribution in [1.29, 1.82) is 0 Å². The zero-order chi connectivity index (χ0) is 23.2. The first-order valence-electron chi connectivity index (χ1n) is 11.6. The van der Waals surface area contributed by atoms with E-state index in [4.69, 9.17) is 4.74 Å². The van der Waals surface area contributed by atoms with Crippen molar-refractivity contribution >= 4 is 29.9 Å². The average molecular weight is 575 g/mol. The lowest BCUT2D eigenvalue weighted by Crippen LogP contribution is -2.41. The normalized spacial score (nSPS) is 18.3. The first kappa shape index (κ1) is 26.2. The fourth-order valence-corrected chi connectivity index (χ4v) is 4.32. The van der Waals surface area contributed by atoms with Crippen LogP contribution in [0, 0.1) is 26.7 Å². The molecule has 7 nitrogen and oxygen atoms in total. The minimum Gasteiger partial charge on any atom is -0.373 e. The van der Waals surface area contributed by atoms with Crippen molar-refractivity contribution < 1.29 is 4.74 Å². The maximum absolute atomic E-state index is 6.15. The quantitative estimate of drug-likeness (QED) is 0.255. The minimum atomic E-state index is 0. The molecule has 0 saturated carbocycles. The number of halogens is 1. The number of aryl methyl sites for hydroxylation is 3. The molecule has 4 rings (SSSR count). The predicted octanol–water partition coefficient (Wildman–Crippen LogP) is 4.64. The molecular formula is C26H35IN6O. The van der Waals surface area contributed by atoms with Gasteiger partial charge in [-0.3, -0.25) is 4.99 Å². The van der Waals surface area contributed by atoms with E-state index in [1.807, 2.05) is 36.9 Å². The Hall–Kier alpha value is -2.46. The summed E-state index contributed by atoms with van der Waals surface area (Å²) in [6, 6.07) is 14.8. The van der Waals surface area contributed by atoms with Gasteiger partial charge in [-0.2, -0.15) is 5.10 Å². The number of hydrogen-bond donors (Lipinski definition) is 2. The molecule has 0 radical (unpaired) electrons. The lowest BCUT2D eigenvalue weighted by molar-refractivity contribution is -0.0265. The van der Waals surface area contributed by atoms with Crippen molar-refractivity contribution in [3.05, 3.63) is 76.7 Å². The number of aromatic nitrogens is 3. The SMILES string of the molecule is CN=C(NCc1ccc(-n2nc(C)cc2C)nc1)NCC1CCCOC1c1ccc(C)cc1.I. The van der Waals surface area contributed by atoms with Gasteiger partial charge < -0.3 is 15.4 Å². The molecule has 182 valence electrons. The van der Waals surface area contributed by atoms with Gasteiger partial charge >= 0.3 is 0 Å². The van der Waals surface area contributed by atoms with Gasteiger partial charge in [0.1, 0.15) is 0 Å². The molecule has 1 aliphatic heterocycles. The lowest BCUT2D eigenvalue weighted by Gasteiger charge is -2.32. The highest BCUT2D eigenvalue weighted by molar-refractivity contribution is 14.0. The van der Waals surface area contributed by atoms with Crippen LogP contribution in [-0.4, -0.2) is 40.9 Å². The van der Waals surface area contributed by atoms with Crippen molar-refractivity contribution in [3.63, 3.8) is 0 Å². The largest absolute Gasteiger partial charge is 0.373 e. The average Bonchev–Trinajstić information content (AvgIpc) is 3.18. The molecular weight excluding hydrogens is 539 g/mol. The molecule has 0 amide bonds. The Morgan fingerprint density at radius 1 is 1.12 bits per heavy atom. The smallest absolute Gasteiger partial charge is 0.191 e. The standard InChI is InChI=1S/C26H34N6O.HI/c1-18-7-10-22(11-8-18)25-23(6-5-13-33-25)17-30-26(27-4)29-16-21-9-12-24(28-15-21)32-20(3)14-19(2)31-32;/h7-12,14-15,23,25H,5-6,13,16-17H2,1-4H3,(H2,27,29,30);1H. The number of ether oxygens (including phenoxy) is 1. The van der Waals surface area contributed by atoms with Crippen LogP contribution in [0.4, 0.5) is 0 Å². The Morgan fingerprint density at radius 3 is 2.56 bits per heavy atom. The summed E-state index contributed by atoms with van der Waals surface area (Å²) in [6.45, 7) is 8.42. The molecule has 1 fully saturated rings. The Morgan fingerprint density at radius 2 is 1.91 bits per heavy atom. The highest BCUT2D eigenvalue weighted by Crippen LogP contribution is 2.33. The first-order chi connectivity index (χ1) is 16.0. The maximum Gasteiger partial charge on any atom is 0.191 e. The minimum absolute atomic E-state index is 0. The number of guanidine groups is 1. The summed E-state index contributed by atoms with van der Waals surface area (Å²) >= 11 is 0. The van der Waals surface area contributed by atoms with E-state index in [-0.39, 0.29) is 30.1 Å². The van der Waals surface area contributed by atoms with E-state index in [1.54, 1.807) is 7.05 Å². The van der Waals surface area contributed by atoms with Crippen molar-refractivity contribution in [3.8, 4) is 5.82 Å². The number of pyridine rings is 1. The predicted molar refractivity (Wildman–Crippen MR) is 147 cm³/mol. The summed E-state index contributed by atoms with van der Waals surface area (Å²) in [5, 5.41) is 11.4. The molecule has 1 saturated heterocycles. The Bertz CT molecular complexity index is 1080. The van der Waals surface area contributed by atoms with E-state index < -0.39 is 0 Å². The first-order valence-corrected chi connectivity index (χ1v) is 11.6. The van der Waals surface area contributed by atoms with Gasteiger partial charge in [0.2, 0.25) is 0 Å². The number of nitrogens with zero attached hydrogens (tertiary/aromatic N) is 4. The third-order valence-corrected chi connectivity index (χ3v) is 6.10. The van der Waals surface area contributed by atoms with Crippen LogP contribution in [0.15, 0.2) is 53.7 Å². The van der Waals surface area contributed by atoms with Crippen LogP contribution >= 0.6 is 24.0 Å². The second-order valence-electron chi connectivity index (χ2n) is 8.77. The molecule has 2 N–H and O–H groups in total. The maximum atomic E-state index is 6.15. The summed E-state index contributed by atoms with van der Waals surface area (Å²) in [5.74, 6) is 2.01. The molecule has 34 heavy (non-hydrogen) atoms. The Labute approximate surface area is 219 Å². The molecule has 0 bridgehead atoms. The zero-order valence-electron chi connectivity index (χ0n) is 20.4. The summed E-state index contributed by atoms with van der Waals surface area (Å²) in [4.78, 5) is 8.98. The van der Waals surface area contributed by atoms with Gasteiger partial charge in [-0.25, -0.2) is 9.67 Å². The van der Waals surface area contributed by atoms with Gasteiger partial charge in [0.15, 0.2) is 11.8 Å². The van der Waals surface area contributed by atoms with Crippen LogP contribution in [0.5, 0.6) is 0 Å². The number of aliphatic imine (C=N–C) groups is 1. The van der Waals surface area contributed by atoms with Crippen LogP contribution in [0.3, 0.4) is 0 Å². The molecule has 0 aliphatic carbocycles. The van der Waals surface area contributed by atoms with Crippen LogP contribution in [0.1, 0.15) is 47.0 Å². The molecule has 1 aliphatic rings. The topological polar surface area (TPSA) is 76.4 Å². The number of nitrogens with one attached hydrogen (secondary N) is 2. The molecule has 8 heteroatoms. The van der Waals surface area contributed by atoms with Crippen molar-refractivity contribution in [1.82, 2.24) is 25.4 Å². The van der Waals surface area contributed by atoms with Crippen LogP contribution in [0.25, 0.3) is 5.82 Å². The van der Waals surface area contributed by atoms with Crippen LogP contribution in [-0.2, 0) is 11.3 Å². The van der Waals surface area contributed by atoms with E-state index in [9.17, 15) is 0 Å². The van der Waals surface area contributed by atoms with E-state index >= 15 is 0 Å². The third-order valence-electron chi connectivity index (χ3n) is 6.10. The number of hydrogen-bond acceptors (Lipinski definition) is 4. The molecule has 2 atom stereocenters. The van der Waals surface area contributed by atoms with Crippen LogP contribution < -0.4 is 10.6 Å². The molecule has 0 spiro atoms. The van der Waals surface area contributed by atoms with Crippen molar-refractivity contribution in [2.24, 2.45) is 10.9 Å². The number of benzene rings is 1. The Balaban J connectivity index is 0.00000324. The fraction of sp³-hybridized carbons (Fsp3) is 0.423. The van der Waals surface area contributed by atoms with Gasteiger partial charge in [0, 0.05) is 44.6 Å². The number of rotatable bonds is 6. The van der Waals surface area contributed by atoms with Gasteiger partial charge in [-0.1, -0.05) is 35.9 Å². The van der Waals surface area contributed by atoms with Crippen molar-refractivity contribution in [2.45, 2.75) is 46.3 Å². The van der Waals surface area contributed by atoms with Gasteiger partial charge in [-0.15, -0.1) is 24.0 Å². The Kier molecular flexibility index (Phi) is 9.46. The highest BCUT2D eigenvalue weighted by Gasteiger charge is 2.27. The van der Waals surface area contributed by atoms with Gasteiger partial charge in [-0.05, 0) is 56.9 Å². The molecule has 3 heterocycles. The molecule has 2 aromatic heterocycles. The fourth-order valence-electron chi connectivity index (χ4n) is 4.32. The van der Waals surface area contributed by atoms with E-state index in [1.165, 1.54) is 11.1 Å². The summed E-state index contributed by atoms with van der Waals surface area (Å²) in [7, 11) is 1.80. The summed E-state index contributed by atoms with van der Waals surface area (Å²) in [5.41, 5.74) is 5.67. The van der Waals surface area contributed by atoms with E-state index in [2.05, 4.69) is 63.0 Å². The highest BCUT2D eigenvalue weighted by atomic mass is 127. The zero-order valence-corrected chi connectivity index (χ0v) is 22.7. The van der Waals surface area contributed by atoms with Gasteiger partial charge in [0.05, 0.1) is 11.8 Å². The van der Waals surface area contributed by atoms with Crippen LogP contribution in [0.2, 0.25) is 0 Å². The van der Waals surface area contributed by atoms with E-state index in [0.29, 0.717) is 12.5 Å². The summed E-state index contributed by atoms with van der Waals surface area (Å²) in [6.07, 6.45) is 4.24. The summed E-state index contributed by atoms with van der Waals surface area (Å²) < 4.78 is 8.02.